The molecule has 0 aliphatic rings. The Morgan fingerprint density at radius 3 is 2.76 bits per heavy atom. The summed E-state index contributed by atoms with van der Waals surface area (Å²) < 4.78 is 2.28. The van der Waals surface area contributed by atoms with E-state index < -0.39 is 0 Å². The van der Waals surface area contributed by atoms with Crippen LogP contribution in [0.3, 0.4) is 0 Å². The van der Waals surface area contributed by atoms with Crippen molar-refractivity contribution in [1.82, 2.24) is 9.78 Å². The molecule has 2 aromatic rings. The number of aryl methyl sites for hydroxylation is 1. The van der Waals surface area contributed by atoms with E-state index in [-0.39, 0.29) is 5.56 Å². The smallest absolute Gasteiger partial charge is 0.266 e. The largest absolute Gasteiger partial charge is 0.398 e. The highest BCUT2D eigenvalue weighted by Gasteiger charge is 2.04. The summed E-state index contributed by atoms with van der Waals surface area (Å²) in [7, 11) is 0. The van der Waals surface area contributed by atoms with Crippen molar-refractivity contribution in [2.45, 2.75) is 13.5 Å². The summed E-state index contributed by atoms with van der Waals surface area (Å²) in [5.74, 6) is 0. The summed E-state index contributed by atoms with van der Waals surface area (Å²) in [5.41, 5.74) is 8.01. The van der Waals surface area contributed by atoms with Gasteiger partial charge in [-0.3, -0.25) is 4.79 Å². The molecule has 0 saturated heterocycles. The molecule has 0 aliphatic heterocycles. The first-order valence-electron chi connectivity index (χ1n) is 5.25. The average molecular weight is 294 g/mol. The number of nitrogens with two attached hydrogens (primary N) is 1. The Morgan fingerprint density at radius 1 is 1.35 bits per heavy atom. The number of hydrogen-bond acceptors (Lipinski definition) is 3. The number of aromatic nitrogens is 2. The molecule has 4 nitrogen and oxygen atoms in total. The molecule has 2 rings (SSSR count). The predicted molar refractivity (Wildman–Crippen MR) is 71.7 cm³/mol. The predicted octanol–water partition coefficient (Wildman–Crippen LogP) is 2.27. The van der Waals surface area contributed by atoms with Crippen LogP contribution >= 0.6 is 15.9 Å². The van der Waals surface area contributed by atoms with Gasteiger partial charge in [0.05, 0.1) is 5.69 Å². The van der Waals surface area contributed by atoms with Gasteiger partial charge in [0.2, 0.25) is 0 Å². The molecule has 0 fully saturated rings. The average Bonchev–Trinajstić information content (AvgIpc) is 2.33. The number of anilines is 1. The van der Waals surface area contributed by atoms with Gasteiger partial charge < -0.3 is 5.73 Å². The Balaban J connectivity index is 2.53. The number of nitrogen functional groups attached to an aromatic ring is 1. The molecule has 0 saturated carbocycles. The van der Waals surface area contributed by atoms with Crippen molar-refractivity contribution in [3.05, 3.63) is 45.2 Å². The van der Waals surface area contributed by atoms with Crippen molar-refractivity contribution in [3.8, 4) is 11.3 Å². The van der Waals surface area contributed by atoms with Gasteiger partial charge in [-0.1, -0.05) is 6.07 Å². The van der Waals surface area contributed by atoms with Gasteiger partial charge in [0.25, 0.3) is 5.56 Å². The van der Waals surface area contributed by atoms with Gasteiger partial charge in [-0.05, 0) is 41.1 Å². The van der Waals surface area contributed by atoms with Crippen LogP contribution < -0.4 is 11.3 Å². The Kier molecular flexibility index (Phi) is 3.28. The van der Waals surface area contributed by atoms with Crippen LogP contribution in [0.5, 0.6) is 0 Å². The van der Waals surface area contributed by atoms with Gasteiger partial charge in [-0.25, -0.2) is 4.68 Å². The van der Waals surface area contributed by atoms with Crippen LogP contribution in [0.25, 0.3) is 11.3 Å². The molecule has 1 aromatic carbocycles. The zero-order valence-electron chi connectivity index (χ0n) is 9.35. The molecule has 1 aromatic heterocycles. The summed E-state index contributed by atoms with van der Waals surface area (Å²) in [6, 6.07) is 8.83. The first kappa shape index (κ1) is 11.9. The highest BCUT2D eigenvalue weighted by molar-refractivity contribution is 9.10. The zero-order valence-corrected chi connectivity index (χ0v) is 10.9. The molecule has 17 heavy (non-hydrogen) atoms. The van der Waals surface area contributed by atoms with Crippen molar-refractivity contribution in [3.63, 3.8) is 0 Å². The van der Waals surface area contributed by atoms with E-state index in [9.17, 15) is 4.79 Å². The first-order valence-corrected chi connectivity index (χ1v) is 6.04. The van der Waals surface area contributed by atoms with E-state index in [4.69, 9.17) is 5.73 Å². The normalized spacial score (nSPS) is 10.5. The molecule has 0 spiro atoms. The van der Waals surface area contributed by atoms with Gasteiger partial charge in [-0.2, -0.15) is 5.10 Å². The SMILES string of the molecule is CCn1nc(-c2ccc(Br)c(N)c2)ccc1=O. The highest BCUT2D eigenvalue weighted by atomic mass is 79.9. The van der Waals surface area contributed by atoms with Crippen LogP contribution in [-0.4, -0.2) is 9.78 Å². The van der Waals surface area contributed by atoms with Crippen molar-refractivity contribution in [1.29, 1.82) is 0 Å². The van der Waals surface area contributed by atoms with Gasteiger partial charge in [-0.15, -0.1) is 0 Å². The second kappa shape index (κ2) is 4.71. The molecular formula is C12H12BrN3O. The van der Waals surface area contributed by atoms with Crippen LogP contribution in [0.1, 0.15) is 6.92 Å². The molecule has 0 atom stereocenters. The van der Waals surface area contributed by atoms with Crippen LogP contribution in [-0.2, 0) is 6.54 Å². The third-order valence-electron chi connectivity index (χ3n) is 2.46. The van der Waals surface area contributed by atoms with Gasteiger partial charge in [0, 0.05) is 28.3 Å². The maximum absolute atomic E-state index is 11.4. The Hall–Kier alpha value is -1.62. The van der Waals surface area contributed by atoms with E-state index in [1.54, 1.807) is 6.07 Å². The Bertz CT molecular complexity index is 607. The van der Waals surface area contributed by atoms with E-state index in [2.05, 4.69) is 21.0 Å². The van der Waals surface area contributed by atoms with Crippen molar-refractivity contribution >= 4 is 21.6 Å². The van der Waals surface area contributed by atoms with Gasteiger partial charge >= 0.3 is 0 Å². The topological polar surface area (TPSA) is 60.9 Å². The molecule has 0 aliphatic carbocycles. The summed E-state index contributed by atoms with van der Waals surface area (Å²) in [6.07, 6.45) is 0. The fourth-order valence-electron chi connectivity index (χ4n) is 1.53. The van der Waals surface area contributed by atoms with Crippen LogP contribution in [0, 0.1) is 0 Å². The lowest BCUT2D eigenvalue weighted by molar-refractivity contribution is 0.619. The molecule has 2 N–H and O–H groups in total. The minimum absolute atomic E-state index is 0.0960. The maximum atomic E-state index is 11.4. The number of benzene rings is 1. The van der Waals surface area contributed by atoms with Crippen molar-refractivity contribution < 1.29 is 0 Å². The summed E-state index contributed by atoms with van der Waals surface area (Å²) in [6.45, 7) is 2.44. The maximum Gasteiger partial charge on any atom is 0.266 e. The summed E-state index contributed by atoms with van der Waals surface area (Å²) in [5, 5.41) is 4.27. The Labute approximate surface area is 107 Å². The monoisotopic (exact) mass is 293 g/mol. The minimum atomic E-state index is -0.0960. The number of rotatable bonds is 2. The fraction of sp³-hybridized carbons (Fsp3) is 0.167. The number of hydrogen-bond donors (Lipinski definition) is 1. The van der Waals surface area contributed by atoms with Crippen molar-refractivity contribution in [2.24, 2.45) is 0 Å². The van der Waals surface area contributed by atoms with E-state index in [0.717, 1.165) is 15.7 Å². The number of halogens is 1. The Morgan fingerprint density at radius 2 is 2.12 bits per heavy atom. The number of nitrogens with zero attached hydrogens (tertiary/aromatic N) is 2. The van der Waals surface area contributed by atoms with Crippen LogP contribution in [0.4, 0.5) is 5.69 Å². The summed E-state index contributed by atoms with van der Waals surface area (Å²) in [4.78, 5) is 11.4. The third-order valence-corrected chi connectivity index (χ3v) is 3.18. The molecule has 0 unspecified atom stereocenters. The van der Waals surface area contributed by atoms with Crippen LogP contribution in [0.15, 0.2) is 39.6 Å². The quantitative estimate of drug-likeness (QED) is 0.864. The van der Waals surface area contributed by atoms with E-state index in [0.29, 0.717) is 12.2 Å². The van der Waals surface area contributed by atoms with Gasteiger partial charge in [0.1, 0.15) is 0 Å². The second-order valence-corrected chi connectivity index (χ2v) is 4.46. The fourth-order valence-corrected chi connectivity index (χ4v) is 1.78. The zero-order chi connectivity index (χ0) is 12.4. The molecule has 88 valence electrons. The van der Waals surface area contributed by atoms with E-state index in [1.807, 2.05) is 25.1 Å². The molecule has 1 heterocycles. The lowest BCUT2D eigenvalue weighted by atomic mass is 10.1. The van der Waals surface area contributed by atoms with Crippen molar-refractivity contribution in [2.75, 3.05) is 5.73 Å². The minimum Gasteiger partial charge on any atom is -0.398 e. The lowest BCUT2D eigenvalue weighted by Crippen LogP contribution is -2.20. The van der Waals surface area contributed by atoms with E-state index >= 15 is 0 Å². The molecule has 0 radical (unpaired) electrons. The van der Waals surface area contributed by atoms with Gasteiger partial charge in [0.15, 0.2) is 0 Å². The molecular weight excluding hydrogens is 282 g/mol. The third kappa shape index (κ3) is 2.39. The highest BCUT2D eigenvalue weighted by Crippen LogP contribution is 2.25. The molecule has 0 amide bonds. The summed E-state index contributed by atoms with van der Waals surface area (Å²) >= 11 is 3.34. The standard InChI is InChI=1S/C12H12BrN3O/c1-2-16-12(17)6-5-11(15-16)8-3-4-9(13)10(14)7-8/h3-7H,2,14H2,1H3. The lowest BCUT2D eigenvalue weighted by Gasteiger charge is -2.06. The molecule has 5 heteroatoms. The molecule has 0 bridgehead atoms. The second-order valence-electron chi connectivity index (χ2n) is 3.61. The van der Waals surface area contributed by atoms with E-state index in [1.165, 1.54) is 10.7 Å². The van der Waals surface area contributed by atoms with Crippen LogP contribution in [0.2, 0.25) is 0 Å². The first-order chi connectivity index (χ1) is 8.11.